The predicted molar refractivity (Wildman–Crippen MR) is 67.5 cm³/mol. The zero-order valence-electron chi connectivity index (χ0n) is 10.5. The molecule has 0 bridgehead atoms. The molecule has 4 heteroatoms. The van der Waals surface area contributed by atoms with Crippen molar-refractivity contribution in [3.8, 4) is 0 Å². The van der Waals surface area contributed by atoms with Crippen LogP contribution in [0.3, 0.4) is 0 Å². The Bertz CT molecular complexity index is 379. The van der Waals surface area contributed by atoms with Crippen LogP contribution in [0.15, 0.2) is 12.4 Å². The van der Waals surface area contributed by atoms with E-state index in [1.54, 1.807) is 0 Å². The zero-order valence-corrected chi connectivity index (χ0v) is 10.5. The van der Waals surface area contributed by atoms with Gasteiger partial charge in [0.15, 0.2) is 0 Å². The molecule has 17 heavy (non-hydrogen) atoms. The van der Waals surface area contributed by atoms with E-state index >= 15 is 0 Å². The van der Waals surface area contributed by atoms with Crippen molar-refractivity contribution in [3.63, 3.8) is 0 Å². The van der Waals surface area contributed by atoms with Gasteiger partial charge in [0, 0.05) is 44.0 Å². The highest BCUT2D eigenvalue weighted by Crippen LogP contribution is 2.35. The number of aryl methyl sites for hydroxylation is 1. The van der Waals surface area contributed by atoms with Crippen LogP contribution in [0.5, 0.6) is 0 Å². The van der Waals surface area contributed by atoms with Crippen molar-refractivity contribution in [3.05, 3.63) is 18.0 Å². The lowest BCUT2D eigenvalue weighted by molar-refractivity contribution is 0.237. The van der Waals surface area contributed by atoms with Crippen molar-refractivity contribution in [2.24, 2.45) is 18.7 Å². The van der Waals surface area contributed by atoms with Crippen LogP contribution in [-0.2, 0) is 7.05 Å². The molecule has 0 aliphatic heterocycles. The first-order valence-electron chi connectivity index (χ1n) is 6.70. The Morgan fingerprint density at radius 3 is 2.76 bits per heavy atom. The molecule has 0 radical (unpaired) electrons. The molecule has 0 spiro atoms. The number of nitrogens with two attached hydrogens (primary N) is 1. The number of hydrogen-bond donors (Lipinski definition) is 1. The molecule has 2 N–H and O–H groups in total. The van der Waals surface area contributed by atoms with Gasteiger partial charge in [-0.2, -0.15) is 5.10 Å². The molecule has 2 saturated carbocycles. The van der Waals surface area contributed by atoms with E-state index in [-0.39, 0.29) is 6.04 Å². The van der Waals surface area contributed by atoms with Crippen molar-refractivity contribution < 1.29 is 0 Å². The molecule has 2 aliphatic carbocycles. The Morgan fingerprint density at radius 1 is 1.47 bits per heavy atom. The lowest BCUT2D eigenvalue weighted by atomic mass is 10.1. The Labute approximate surface area is 103 Å². The minimum Gasteiger partial charge on any atom is -0.323 e. The highest BCUT2D eigenvalue weighted by Gasteiger charge is 2.34. The lowest BCUT2D eigenvalue weighted by Gasteiger charge is -2.25. The van der Waals surface area contributed by atoms with E-state index in [1.165, 1.54) is 32.2 Å². The van der Waals surface area contributed by atoms with Crippen molar-refractivity contribution >= 4 is 0 Å². The molecular weight excluding hydrogens is 212 g/mol. The second kappa shape index (κ2) is 4.42. The van der Waals surface area contributed by atoms with Crippen LogP contribution in [0.25, 0.3) is 0 Å². The fourth-order valence-corrected chi connectivity index (χ4v) is 2.43. The molecule has 1 heterocycles. The Kier molecular flexibility index (Phi) is 2.92. The molecule has 2 fully saturated rings. The maximum Gasteiger partial charge on any atom is 0.0537 e. The molecular formula is C13H22N4. The third kappa shape index (κ3) is 2.87. The first-order valence-corrected chi connectivity index (χ1v) is 6.70. The molecule has 1 aromatic heterocycles. The molecule has 0 aromatic carbocycles. The van der Waals surface area contributed by atoms with Gasteiger partial charge in [0.1, 0.15) is 0 Å². The van der Waals surface area contributed by atoms with Crippen LogP contribution in [0, 0.1) is 5.92 Å². The van der Waals surface area contributed by atoms with Crippen molar-refractivity contribution in [2.45, 2.75) is 37.8 Å². The van der Waals surface area contributed by atoms with E-state index in [0.29, 0.717) is 0 Å². The van der Waals surface area contributed by atoms with Crippen LogP contribution in [-0.4, -0.2) is 33.8 Å². The van der Waals surface area contributed by atoms with E-state index in [1.807, 2.05) is 24.1 Å². The maximum atomic E-state index is 6.28. The molecule has 1 aromatic rings. The van der Waals surface area contributed by atoms with Crippen LogP contribution in [0.2, 0.25) is 0 Å². The summed E-state index contributed by atoms with van der Waals surface area (Å²) in [6.07, 6.45) is 9.51. The van der Waals surface area contributed by atoms with Crippen LogP contribution in [0.1, 0.15) is 37.3 Å². The summed E-state index contributed by atoms with van der Waals surface area (Å²) in [4.78, 5) is 2.61. The van der Waals surface area contributed by atoms with Gasteiger partial charge < -0.3 is 5.73 Å². The SMILES string of the molecule is Cn1cc(C(N)CN(CC2CC2)C2CC2)cn1. The molecule has 94 valence electrons. The van der Waals surface area contributed by atoms with Gasteiger partial charge in [-0.1, -0.05) is 0 Å². The Hall–Kier alpha value is -0.870. The maximum absolute atomic E-state index is 6.28. The summed E-state index contributed by atoms with van der Waals surface area (Å²) in [7, 11) is 1.94. The normalized spacial score (nSPS) is 22.1. The van der Waals surface area contributed by atoms with Crippen molar-refractivity contribution in [1.29, 1.82) is 0 Å². The van der Waals surface area contributed by atoms with Gasteiger partial charge >= 0.3 is 0 Å². The van der Waals surface area contributed by atoms with Gasteiger partial charge in [0.2, 0.25) is 0 Å². The van der Waals surface area contributed by atoms with Gasteiger partial charge in [-0.3, -0.25) is 9.58 Å². The van der Waals surface area contributed by atoms with E-state index in [4.69, 9.17) is 5.73 Å². The van der Waals surface area contributed by atoms with Crippen LogP contribution >= 0.6 is 0 Å². The first-order chi connectivity index (χ1) is 8.22. The summed E-state index contributed by atoms with van der Waals surface area (Å²) < 4.78 is 1.83. The lowest BCUT2D eigenvalue weighted by Crippen LogP contribution is -2.35. The summed E-state index contributed by atoms with van der Waals surface area (Å²) >= 11 is 0. The minimum atomic E-state index is 0.114. The van der Waals surface area contributed by atoms with Gasteiger partial charge in [0.25, 0.3) is 0 Å². The first kappa shape index (κ1) is 11.2. The molecule has 3 rings (SSSR count). The second-order valence-electron chi connectivity index (χ2n) is 5.68. The fraction of sp³-hybridized carbons (Fsp3) is 0.769. The molecule has 0 saturated heterocycles. The smallest absolute Gasteiger partial charge is 0.0537 e. The zero-order chi connectivity index (χ0) is 11.8. The topological polar surface area (TPSA) is 47.1 Å². The molecule has 0 amide bonds. The Balaban J connectivity index is 1.59. The van der Waals surface area contributed by atoms with E-state index < -0.39 is 0 Å². The van der Waals surface area contributed by atoms with Gasteiger partial charge in [-0.25, -0.2) is 0 Å². The van der Waals surface area contributed by atoms with Gasteiger partial charge in [-0.15, -0.1) is 0 Å². The van der Waals surface area contributed by atoms with E-state index in [0.717, 1.165) is 24.1 Å². The van der Waals surface area contributed by atoms with Crippen LogP contribution in [0.4, 0.5) is 0 Å². The molecule has 4 nitrogen and oxygen atoms in total. The molecule has 1 atom stereocenters. The highest BCUT2D eigenvalue weighted by molar-refractivity contribution is 5.10. The molecule has 2 aliphatic rings. The predicted octanol–water partition coefficient (Wildman–Crippen LogP) is 1.29. The third-order valence-corrected chi connectivity index (χ3v) is 3.84. The summed E-state index contributed by atoms with van der Waals surface area (Å²) in [5.41, 5.74) is 7.44. The minimum absolute atomic E-state index is 0.114. The van der Waals surface area contributed by atoms with E-state index in [2.05, 4.69) is 10.00 Å². The largest absolute Gasteiger partial charge is 0.323 e. The fourth-order valence-electron chi connectivity index (χ4n) is 2.43. The van der Waals surface area contributed by atoms with Crippen molar-refractivity contribution in [1.82, 2.24) is 14.7 Å². The average Bonchev–Trinajstić information content (AvgIpc) is 3.18. The van der Waals surface area contributed by atoms with E-state index in [9.17, 15) is 0 Å². The summed E-state index contributed by atoms with van der Waals surface area (Å²) in [5.74, 6) is 0.955. The standard InChI is InChI=1S/C13H22N4/c1-16-8-11(6-15-16)13(14)9-17(12-4-5-12)7-10-2-3-10/h6,8,10,12-13H,2-5,7,9,14H2,1H3. The van der Waals surface area contributed by atoms with Gasteiger partial charge in [0.05, 0.1) is 6.20 Å². The average molecular weight is 234 g/mol. The monoisotopic (exact) mass is 234 g/mol. The van der Waals surface area contributed by atoms with Crippen LogP contribution < -0.4 is 5.73 Å². The molecule has 1 unspecified atom stereocenters. The number of aromatic nitrogens is 2. The highest BCUT2D eigenvalue weighted by atomic mass is 15.2. The summed E-state index contributed by atoms with van der Waals surface area (Å²) in [6.45, 7) is 2.26. The summed E-state index contributed by atoms with van der Waals surface area (Å²) in [5, 5.41) is 4.20. The quantitative estimate of drug-likeness (QED) is 0.807. The van der Waals surface area contributed by atoms with Crippen molar-refractivity contribution in [2.75, 3.05) is 13.1 Å². The summed E-state index contributed by atoms with van der Waals surface area (Å²) in [6, 6.07) is 0.932. The Morgan fingerprint density at radius 2 is 2.24 bits per heavy atom. The van der Waals surface area contributed by atoms with Gasteiger partial charge in [-0.05, 0) is 31.6 Å². The number of hydrogen-bond acceptors (Lipinski definition) is 3. The second-order valence-corrected chi connectivity index (χ2v) is 5.68. The number of nitrogens with zero attached hydrogens (tertiary/aromatic N) is 3. The number of rotatable bonds is 6. The third-order valence-electron chi connectivity index (χ3n) is 3.84.